The molecule has 326 valence electrons. The summed E-state index contributed by atoms with van der Waals surface area (Å²) in [6, 6.07) is -0.570. The number of aliphatic hydroxyl groups is 1. The van der Waals surface area contributed by atoms with Gasteiger partial charge in [-0.15, -0.1) is 0 Å². The minimum atomic E-state index is -4.67. The number of carbonyl (C=O) groups excluding carboxylic acids is 5. The Labute approximate surface area is 331 Å². The van der Waals surface area contributed by atoms with Crippen molar-refractivity contribution < 1.29 is 62.2 Å². The van der Waals surface area contributed by atoms with E-state index in [2.05, 4.69) is 20.5 Å². The molecule has 0 aromatic heterocycles. The standard InChI is InChI=1S/C36H69N6O13P/c37-16-9-18-39-32(45)14-22-53-28-36(27-52-21-11-20-43,29-54-23-15-33(46)40-19-10-17-38)41-34(47)12-7-5-3-1-2-4-6-8-13-35(48)42-25-31(44)24-30(42)26-55-56(49,50)51/h20,30-31,44H,1-19,21-29,37-38H2,(H,39,45)(H,40,46)(H,41,47)(H2,49,50,51)/t30-,31?/m0/s1. The first kappa shape index (κ1) is 51.4. The van der Waals surface area contributed by atoms with Gasteiger partial charge in [0.2, 0.25) is 23.6 Å². The maximum atomic E-state index is 13.2. The second-order valence-corrected chi connectivity index (χ2v) is 15.4. The van der Waals surface area contributed by atoms with E-state index in [9.17, 15) is 33.6 Å². The van der Waals surface area contributed by atoms with Gasteiger partial charge in [0.15, 0.2) is 0 Å². The van der Waals surface area contributed by atoms with Crippen LogP contribution in [0.4, 0.5) is 0 Å². The lowest BCUT2D eigenvalue weighted by molar-refractivity contribution is -0.133. The molecule has 1 unspecified atom stereocenters. The number of rotatable bonds is 36. The van der Waals surface area contributed by atoms with Crippen LogP contribution in [0.1, 0.15) is 103 Å². The SMILES string of the molecule is NCCCNC(=O)CCOCC(COCCC=O)(COCCC(=O)NCCCN)NC(=O)CCCCCCCCCCC(=O)N1CC(O)C[C@H]1COP(=O)(O)O. The van der Waals surface area contributed by atoms with Gasteiger partial charge in [-0.2, -0.15) is 0 Å². The number of hydrogen-bond acceptors (Lipinski definition) is 13. The molecule has 1 saturated heterocycles. The molecule has 0 aromatic carbocycles. The summed E-state index contributed by atoms with van der Waals surface area (Å²) < 4.78 is 33.1. The van der Waals surface area contributed by atoms with Crippen molar-refractivity contribution in [3.05, 3.63) is 0 Å². The van der Waals surface area contributed by atoms with Crippen molar-refractivity contribution in [2.24, 2.45) is 11.5 Å². The molecule has 0 radical (unpaired) electrons. The number of nitrogens with two attached hydrogens (primary N) is 2. The molecular formula is C36H69N6O13P. The molecular weight excluding hydrogens is 755 g/mol. The molecule has 19 nitrogen and oxygen atoms in total. The van der Waals surface area contributed by atoms with Crippen molar-refractivity contribution in [2.45, 2.75) is 120 Å². The van der Waals surface area contributed by atoms with Crippen molar-refractivity contribution in [1.29, 1.82) is 0 Å². The van der Waals surface area contributed by atoms with E-state index in [1.54, 1.807) is 0 Å². The Morgan fingerprint density at radius 2 is 1.23 bits per heavy atom. The van der Waals surface area contributed by atoms with Crippen molar-refractivity contribution in [3.63, 3.8) is 0 Å². The van der Waals surface area contributed by atoms with Crippen LogP contribution >= 0.6 is 7.82 Å². The Bertz CT molecular complexity index is 1130. The summed E-state index contributed by atoms with van der Waals surface area (Å²) in [5, 5.41) is 18.5. The van der Waals surface area contributed by atoms with Crippen molar-refractivity contribution in [2.75, 3.05) is 79.0 Å². The molecule has 0 saturated carbocycles. The Kier molecular flexibility index (Phi) is 28.9. The number of carbonyl (C=O) groups is 5. The van der Waals surface area contributed by atoms with Crippen LogP contribution in [0.5, 0.6) is 0 Å². The summed E-state index contributed by atoms with van der Waals surface area (Å²) in [4.78, 5) is 80.5. The minimum Gasteiger partial charge on any atom is -0.391 e. The van der Waals surface area contributed by atoms with Gasteiger partial charge in [0.05, 0.1) is 58.4 Å². The fourth-order valence-corrected chi connectivity index (χ4v) is 6.36. The highest BCUT2D eigenvalue weighted by atomic mass is 31.2. The van der Waals surface area contributed by atoms with Crippen LogP contribution in [0, 0.1) is 0 Å². The number of aldehydes is 1. The zero-order chi connectivity index (χ0) is 41.5. The van der Waals surface area contributed by atoms with Crippen LogP contribution in [0.25, 0.3) is 0 Å². The average molecular weight is 825 g/mol. The van der Waals surface area contributed by atoms with Crippen molar-refractivity contribution >= 4 is 37.7 Å². The zero-order valence-electron chi connectivity index (χ0n) is 33.0. The third-order valence-corrected chi connectivity index (χ3v) is 9.45. The lowest BCUT2D eigenvalue weighted by Gasteiger charge is -2.34. The number of likely N-dealkylation sites (tertiary alicyclic amines) is 1. The lowest BCUT2D eigenvalue weighted by atomic mass is 10.0. The van der Waals surface area contributed by atoms with Gasteiger partial charge in [-0.25, -0.2) is 4.57 Å². The molecule has 1 aliphatic heterocycles. The van der Waals surface area contributed by atoms with Gasteiger partial charge in [-0.05, 0) is 45.2 Å². The molecule has 20 heteroatoms. The fraction of sp³-hybridized carbons (Fsp3) is 0.861. The number of phosphoric acid groups is 1. The van der Waals surface area contributed by atoms with E-state index in [4.69, 9.17) is 35.5 Å². The third kappa shape index (κ3) is 26.4. The Balaban J connectivity index is 2.55. The molecule has 56 heavy (non-hydrogen) atoms. The highest BCUT2D eigenvalue weighted by molar-refractivity contribution is 7.46. The third-order valence-electron chi connectivity index (χ3n) is 8.97. The zero-order valence-corrected chi connectivity index (χ0v) is 33.9. The van der Waals surface area contributed by atoms with Gasteiger partial charge < -0.3 is 66.2 Å². The minimum absolute atomic E-state index is 0.0187. The van der Waals surface area contributed by atoms with Crippen LogP contribution in [0.15, 0.2) is 0 Å². The second kappa shape index (κ2) is 31.4. The quantitative estimate of drug-likeness (QED) is 0.0237. The smallest absolute Gasteiger partial charge is 0.391 e. The van der Waals surface area contributed by atoms with E-state index in [0.29, 0.717) is 51.9 Å². The van der Waals surface area contributed by atoms with Crippen molar-refractivity contribution in [3.8, 4) is 0 Å². The molecule has 0 aromatic rings. The van der Waals surface area contributed by atoms with Crippen LogP contribution in [-0.2, 0) is 47.3 Å². The van der Waals surface area contributed by atoms with Crippen LogP contribution in [0.2, 0.25) is 0 Å². The predicted octanol–water partition coefficient (Wildman–Crippen LogP) is 0.163. The van der Waals surface area contributed by atoms with Crippen LogP contribution in [0.3, 0.4) is 0 Å². The van der Waals surface area contributed by atoms with E-state index < -0.39 is 25.5 Å². The van der Waals surface area contributed by atoms with Gasteiger partial charge >= 0.3 is 7.82 Å². The van der Waals surface area contributed by atoms with Crippen molar-refractivity contribution in [1.82, 2.24) is 20.9 Å². The molecule has 1 rings (SSSR count). The Morgan fingerprint density at radius 1 is 0.732 bits per heavy atom. The number of ether oxygens (including phenoxy) is 3. The average Bonchev–Trinajstić information content (AvgIpc) is 3.54. The molecule has 0 aliphatic carbocycles. The highest BCUT2D eigenvalue weighted by Crippen LogP contribution is 2.37. The summed E-state index contributed by atoms with van der Waals surface area (Å²) in [6.07, 6.45) is 9.17. The summed E-state index contributed by atoms with van der Waals surface area (Å²) in [6.45, 7) is 1.87. The summed E-state index contributed by atoms with van der Waals surface area (Å²) >= 11 is 0. The number of unbranched alkanes of at least 4 members (excludes halogenated alkanes) is 7. The number of nitrogens with zero attached hydrogens (tertiary/aromatic N) is 1. The first-order valence-corrected chi connectivity index (χ1v) is 21.5. The molecule has 1 heterocycles. The first-order chi connectivity index (χ1) is 26.8. The number of β-amino-alcohol motifs (C(OH)–C–C–N with tert-alkyl or cyclic N) is 1. The van der Waals surface area contributed by atoms with Crippen LogP contribution in [-0.4, -0.2) is 146 Å². The van der Waals surface area contributed by atoms with Gasteiger partial charge in [-0.1, -0.05) is 38.5 Å². The molecule has 10 N–H and O–H groups in total. The number of hydrogen-bond donors (Lipinski definition) is 8. The van der Waals surface area contributed by atoms with Gasteiger partial charge in [0, 0.05) is 51.7 Å². The number of nitrogens with one attached hydrogen (secondary N) is 3. The first-order valence-electron chi connectivity index (χ1n) is 19.9. The topological polar surface area (TPSA) is 291 Å². The fourth-order valence-electron chi connectivity index (χ4n) is 6.00. The monoisotopic (exact) mass is 824 g/mol. The molecule has 0 spiro atoms. The maximum Gasteiger partial charge on any atom is 0.469 e. The molecule has 2 atom stereocenters. The van der Waals surface area contributed by atoms with E-state index in [0.717, 1.165) is 44.8 Å². The normalized spacial score (nSPS) is 15.8. The second-order valence-electron chi connectivity index (χ2n) is 14.1. The molecule has 0 bridgehead atoms. The van der Waals surface area contributed by atoms with E-state index >= 15 is 0 Å². The highest BCUT2D eigenvalue weighted by Gasteiger charge is 2.36. The molecule has 1 aliphatic rings. The Hall–Kier alpha value is -2.58. The van der Waals surface area contributed by atoms with E-state index in [1.165, 1.54) is 4.90 Å². The maximum absolute atomic E-state index is 13.2. The number of aliphatic hydroxyl groups excluding tert-OH is 1. The summed E-state index contributed by atoms with van der Waals surface area (Å²) in [5.74, 6) is -0.783. The van der Waals surface area contributed by atoms with Gasteiger partial charge in [0.1, 0.15) is 11.8 Å². The van der Waals surface area contributed by atoms with Crippen LogP contribution < -0.4 is 27.4 Å². The lowest BCUT2D eigenvalue weighted by Crippen LogP contribution is -2.58. The number of phosphoric ester groups is 1. The molecule has 1 fully saturated rings. The molecule has 4 amide bonds. The summed E-state index contributed by atoms with van der Waals surface area (Å²) in [7, 11) is -4.67. The van der Waals surface area contributed by atoms with Gasteiger partial charge in [0.25, 0.3) is 0 Å². The van der Waals surface area contributed by atoms with Gasteiger partial charge in [-0.3, -0.25) is 23.7 Å². The van der Waals surface area contributed by atoms with E-state index in [-0.39, 0.29) is 115 Å². The number of amides is 4. The predicted molar refractivity (Wildman–Crippen MR) is 207 cm³/mol. The summed E-state index contributed by atoms with van der Waals surface area (Å²) in [5.41, 5.74) is 9.82. The Morgan fingerprint density at radius 3 is 1.73 bits per heavy atom. The van der Waals surface area contributed by atoms with E-state index in [1.807, 2.05) is 0 Å². The largest absolute Gasteiger partial charge is 0.469 e.